The maximum absolute atomic E-state index is 12.4. The van der Waals surface area contributed by atoms with Crippen LogP contribution in [0, 0.1) is 0 Å². The molecule has 3 rings (SSSR count). The van der Waals surface area contributed by atoms with E-state index in [2.05, 4.69) is 29.9 Å². The minimum absolute atomic E-state index is 0.0734. The largest absolute Gasteiger partial charge is 0.493 e. The van der Waals surface area contributed by atoms with Gasteiger partial charge in [-0.2, -0.15) is 23.7 Å². The molecule has 158 valence electrons. The lowest BCUT2D eigenvalue weighted by atomic mass is 10.2. The monoisotopic (exact) mass is 438 g/mol. The van der Waals surface area contributed by atoms with Crippen LogP contribution in [0.5, 0.6) is 11.5 Å². The van der Waals surface area contributed by atoms with Crippen molar-refractivity contribution in [1.29, 1.82) is 0 Å². The molecular formula is C17H16F2N6O4S. The Morgan fingerprint density at radius 2 is 2.13 bits per heavy atom. The predicted octanol–water partition coefficient (Wildman–Crippen LogP) is 2.50. The lowest BCUT2D eigenvalue weighted by Crippen LogP contribution is -2.04. The van der Waals surface area contributed by atoms with Crippen LogP contribution in [0.15, 0.2) is 47.0 Å². The number of alkyl halides is 2. The number of aromatic nitrogens is 5. The second-order valence-electron chi connectivity index (χ2n) is 5.50. The molecular weight excluding hydrogens is 422 g/mol. The van der Waals surface area contributed by atoms with E-state index in [1.165, 1.54) is 55.3 Å². The Kier molecular flexibility index (Phi) is 6.95. The van der Waals surface area contributed by atoms with Gasteiger partial charge in [-0.25, -0.2) is 4.79 Å². The first-order valence-corrected chi connectivity index (χ1v) is 9.30. The Morgan fingerprint density at radius 1 is 1.30 bits per heavy atom. The van der Waals surface area contributed by atoms with E-state index in [4.69, 9.17) is 4.74 Å². The number of methoxy groups -OCH3 is 2. The number of ether oxygens (including phenoxy) is 3. The standard InChI is InChI=1S/C17H16F2N6O4S/c1-27-14-7-11(3-4-13(14)29-16(18)19)8-21-25-9-20-22-17(25)30-10-24-6-5-12(23-24)15(26)28-2/h3-9,16H,10H2,1-2H3. The highest BCUT2D eigenvalue weighted by atomic mass is 32.2. The zero-order chi connectivity index (χ0) is 21.5. The molecule has 0 amide bonds. The van der Waals surface area contributed by atoms with Crippen molar-refractivity contribution in [3.63, 3.8) is 0 Å². The minimum Gasteiger partial charge on any atom is -0.493 e. The molecule has 0 aliphatic carbocycles. The van der Waals surface area contributed by atoms with E-state index in [0.717, 1.165) is 0 Å². The van der Waals surface area contributed by atoms with Crippen molar-refractivity contribution in [2.75, 3.05) is 14.2 Å². The lowest BCUT2D eigenvalue weighted by molar-refractivity contribution is -0.0512. The summed E-state index contributed by atoms with van der Waals surface area (Å²) in [6, 6.07) is 5.98. The van der Waals surface area contributed by atoms with Gasteiger partial charge < -0.3 is 14.2 Å². The van der Waals surface area contributed by atoms with Crippen molar-refractivity contribution < 1.29 is 27.8 Å². The molecule has 2 aromatic heterocycles. The van der Waals surface area contributed by atoms with Gasteiger partial charge in [0.05, 0.1) is 26.3 Å². The van der Waals surface area contributed by atoms with Crippen LogP contribution in [0.1, 0.15) is 16.1 Å². The van der Waals surface area contributed by atoms with Crippen molar-refractivity contribution >= 4 is 23.9 Å². The highest BCUT2D eigenvalue weighted by molar-refractivity contribution is 7.98. The predicted molar refractivity (Wildman–Crippen MR) is 102 cm³/mol. The van der Waals surface area contributed by atoms with E-state index in [-0.39, 0.29) is 17.2 Å². The molecule has 0 N–H and O–H groups in total. The summed E-state index contributed by atoms with van der Waals surface area (Å²) in [6.07, 6.45) is 4.54. The third kappa shape index (κ3) is 5.31. The summed E-state index contributed by atoms with van der Waals surface area (Å²) in [5.41, 5.74) is 0.790. The van der Waals surface area contributed by atoms with Crippen LogP contribution in [0.4, 0.5) is 8.78 Å². The smallest absolute Gasteiger partial charge is 0.387 e. The van der Waals surface area contributed by atoms with Gasteiger partial charge in [0, 0.05) is 6.20 Å². The van der Waals surface area contributed by atoms with Gasteiger partial charge in [0.2, 0.25) is 5.16 Å². The van der Waals surface area contributed by atoms with Gasteiger partial charge in [-0.15, -0.1) is 10.2 Å². The van der Waals surface area contributed by atoms with Crippen LogP contribution < -0.4 is 9.47 Å². The van der Waals surface area contributed by atoms with Crippen molar-refractivity contribution in [2.45, 2.75) is 17.6 Å². The molecule has 0 radical (unpaired) electrons. The van der Waals surface area contributed by atoms with Gasteiger partial charge in [0.15, 0.2) is 17.2 Å². The van der Waals surface area contributed by atoms with Crippen molar-refractivity contribution in [2.24, 2.45) is 5.10 Å². The third-order valence-corrected chi connectivity index (χ3v) is 4.52. The number of esters is 1. The summed E-state index contributed by atoms with van der Waals surface area (Å²) in [4.78, 5) is 11.4. The van der Waals surface area contributed by atoms with E-state index in [1.54, 1.807) is 23.0 Å². The molecule has 0 aliphatic heterocycles. The Bertz CT molecular complexity index is 1040. The fourth-order valence-electron chi connectivity index (χ4n) is 2.25. The molecule has 0 unspecified atom stereocenters. The summed E-state index contributed by atoms with van der Waals surface area (Å²) in [6.45, 7) is -2.95. The average Bonchev–Trinajstić information content (AvgIpc) is 3.39. The molecule has 3 aromatic rings. The Labute approximate surface area is 173 Å². The van der Waals surface area contributed by atoms with E-state index in [0.29, 0.717) is 16.6 Å². The Balaban J connectivity index is 1.67. The number of halogens is 2. The number of nitrogens with zero attached hydrogens (tertiary/aromatic N) is 6. The number of carbonyl (C=O) groups excluding carboxylic acids is 1. The summed E-state index contributed by atoms with van der Waals surface area (Å²) < 4.78 is 41.9. The second kappa shape index (κ2) is 9.82. The first-order chi connectivity index (χ1) is 14.5. The third-order valence-electron chi connectivity index (χ3n) is 3.60. The molecule has 0 atom stereocenters. The van der Waals surface area contributed by atoms with Gasteiger partial charge in [0.1, 0.15) is 6.33 Å². The number of benzene rings is 1. The van der Waals surface area contributed by atoms with Crippen LogP contribution >= 0.6 is 11.8 Å². The first-order valence-electron chi connectivity index (χ1n) is 8.32. The maximum atomic E-state index is 12.4. The molecule has 13 heteroatoms. The Hall–Kier alpha value is -3.48. The molecule has 0 bridgehead atoms. The molecule has 0 fully saturated rings. The molecule has 10 nitrogen and oxygen atoms in total. The minimum atomic E-state index is -2.95. The van der Waals surface area contributed by atoms with Gasteiger partial charge in [-0.1, -0.05) is 11.8 Å². The highest BCUT2D eigenvalue weighted by Gasteiger charge is 2.12. The van der Waals surface area contributed by atoms with Gasteiger partial charge >= 0.3 is 12.6 Å². The molecule has 0 spiro atoms. The van der Waals surface area contributed by atoms with Gasteiger partial charge in [-0.05, 0) is 29.8 Å². The number of carbonyl (C=O) groups is 1. The van der Waals surface area contributed by atoms with Crippen LogP contribution in [0.25, 0.3) is 0 Å². The Morgan fingerprint density at radius 3 is 2.87 bits per heavy atom. The normalized spacial score (nSPS) is 11.2. The van der Waals surface area contributed by atoms with Gasteiger partial charge in [-0.3, -0.25) is 4.68 Å². The summed E-state index contributed by atoms with van der Waals surface area (Å²) in [5.74, 6) is -0.0843. The van der Waals surface area contributed by atoms with Crippen molar-refractivity contribution in [1.82, 2.24) is 24.7 Å². The number of thioether (sulfide) groups is 1. The molecule has 2 heterocycles. The zero-order valence-corrected chi connectivity index (χ0v) is 16.6. The van der Waals surface area contributed by atoms with Crippen LogP contribution in [-0.4, -0.2) is 57.7 Å². The maximum Gasteiger partial charge on any atom is 0.387 e. The lowest BCUT2D eigenvalue weighted by Gasteiger charge is -2.10. The first kappa shape index (κ1) is 21.2. The summed E-state index contributed by atoms with van der Waals surface area (Å²) >= 11 is 1.29. The fourth-order valence-corrected chi connectivity index (χ4v) is 2.97. The fraction of sp³-hybridized carbons (Fsp3) is 0.235. The highest BCUT2D eigenvalue weighted by Crippen LogP contribution is 2.29. The van der Waals surface area contributed by atoms with Crippen LogP contribution in [-0.2, 0) is 10.6 Å². The quantitative estimate of drug-likeness (QED) is 0.285. The second-order valence-corrected chi connectivity index (χ2v) is 6.41. The van der Waals surface area contributed by atoms with Gasteiger partial charge in [0.25, 0.3) is 0 Å². The molecule has 0 aliphatic rings. The molecule has 0 saturated carbocycles. The number of hydrogen-bond acceptors (Lipinski definition) is 9. The zero-order valence-electron chi connectivity index (χ0n) is 15.8. The number of rotatable bonds is 9. The van der Waals surface area contributed by atoms with E-state index in [1.807, 2.05) is 0 Å². The van der Waals surface area contributed by atoms with Crippen molar-refractivity contribution in [3.05, 3.63) is 48.0 Å². The topological polar surface area (TPSA) is 106 Å². The van der Waals surface area contributed by atoms with Crippen LogP contribution in [0.3, 0.4) is 0 Å². The molecule has 30 heavy (non-hydrogen) atoms. The average molecular weight is 438 g/mol. The summed E-state index contributed by atoms with van der Waals surface area (Å²) in [7, 11) is 2.63. The summed E-state index contributed by atoms with van der Waals surface area (Å²) in [5, 5.41) is 16.6. The van der Waals surface area contributed by atoms with Crippen molar-refractivity contribution in [3.8, 4) is 11.5 Å². The van der Waals surface area contributed by atoms with E-state index in [9.17, 15) is 13.6 Å². The van der Waals surface area contributed by atoms with Crippen LogP contribution in [0.2, 0.25) is 0 Å². The SMILES string of the molecule is COC(=O)c1ccn(CSc2nncn2N=Cc2ccc(OC(F)F)c(OC)c2)n1. The van der Waals surface area contributed by atoms with E-state index < -0.39 is 12.6 Å². The number of hydrogen-bond donors (Lipinski definition) is 0. The molecule has 1 aromatic carbocycles. The molecule has 0 saturated heterocycles. The van der Waals surface area contributed by atoms with E-state index >= 15 is 0 Å².